The summed E-state index contributed by atoms with van der Waals surface area (Å²) in [6, 6.07) is 10.9. The highest BCUT2D eigenvalue weighted by atomic mass is 31.0. The summed E-state index contributed by atoms with van der Waals surface area (Å²) >= 11 is 0. The second kappa shape index (κ2) is 10.1. The van der Waals surface area contributed by atoms with Crippen LogP contribution in [0.25, 0.3) is 0 Å². The van der Waals surface area contributed by atoms with Gasteiger partial charge < -0.3 is 0 Å². The van der Waals surface area contributed by atoms with Crippen molar-refractivity contribution < 1.29 is 0 Å². The van der Waals surface area contributed by atoms with Crippen molar-refractivity contribution in [3.63, 3.8) is 0 Å². The first-order valence-electron chi connectivity index (χ1n) is 22.8. The molecule has 0 aliphatic heterocycles. The summed E-state index contributed by atoms with van der Waals surface area (Å²) in [6.45, 7) is 0. The fraction of sp³-hybridized carbons (Fsp3) is 0.875. The maximum atomic E-state index is 4.07. The molecule has 0 heterocycles. The van der Waals surface area contributed by atoms with Crippen molar-refractivity contribution in [2.45, 2.75) is 164 Å². The van der Waals surface area contributed by atoms with Crippen molar-refractivity contribution in [3.05, 3.63) is 35.4 Å². The van der Waals surface area contributed by atoms with E-state index in [4.69, 9.17) is 0 Å². The van der Waals surface area contributed by atoms with E-state index in [9.17, 15) is 0 Å². The fourth-order valence-corrected chi connectivity index (χ4v) is 23.7. The van der Waals surface area contributed by atoms with E-state index in [1.807, 2.05) is 11.1 Å². The normalized spacial score (nSPS) is 58.1. The monoisotopic (exact) mass is 706 g/mol. The predicted molar refractivity (Wildman–Crippen MR) is 212 cm³/mol. The molecule has 0 N–H and O–H groups in total. The first-order valence-corrected chi connectivity index (χ1v) is 24.0. The van der Waals surface area contributed by atoms with E-state index in [0.29, 0.717) is 21.7 Å². The Morgan fingerprint density at radius 2 is 0.480 bits per heavy atom. The standard InChI is InChI=1S/C48H68P2/c49-47(43-17-29-5-30(18-43)7-31(6-29)19-43,44-20-32-8-33(21-44)10-34(9-32)22-44)41-3-1-2-4-42(41)48(50,45-23-35-11-36(24-45)13-37(12-35)25-45)46-26-38-14-39(27-46)16-40(15-38)28-46/h1-4,29-40H,5-28,49-50H2. The number of rotatable bonds is 6. The second-order valence-electron chi connectivity index (χ2n) is 24.0. The van der Waals surface area contributed by atoms with E-state index in [0.717, 1.165) is 71.0 Å². The summed E-state index contributed by atoms with van der Waals surface area (Å²) in [5.41, 5.74) is 5.92. The van der Waals surface area contributed by atoms with Crippen LogP contribution in [0.2, 0.25) is 0 Å². The van der Waals surface area contributed by atoms with E-state index in [-0.39, 0.29) is 10.3 Å². The molecule has 0 amide bonds. The van der Waals surface area contributed by atoms with Crippen LogP contribution in [0.15, 0.2) is 24.3 Å². The summed E-state index contributed by atoms with van der Waals surface area (Å²) in [5, 5.41) is 0.490. The van der Waals surface area contributed by atoms with Crippen molar-refractivity contribution in [1.29, 1.82) is 0 Å². The van der Waals surface area contributed by atoms with Gasteiger partial charge in [0.2, 0.25) is 0 Å². The molecule has 16 bridgehead atoms. The van der Waals surface area contributed by atoms with E-state index in [1.165, 1.54) is 0 Å². The van der Waals surface area contributed by atoms with Crippen LogP contribution < -0.4 is 0 Å². The molecule has 16 aliphatic carbocycles. The van der Waals surface area contributed by atoms with Crippen LogP contribution in [0.1, 0.15) is 165 Å². The lowest BCUT2D eigenvalue weighted by molar-refractivity contribution is -0.166. The zero-order valence-corrected chi connectivity index (χ0v) is 33.7. The van der Waals surface area contributed by atoms with Crippen molar-refractivity contribution in [2.24, 2.45) is 92.7 Å². The molecule has 16 saturated carbocycles. The van der Waals surface area contributed by atoms with Crippen LogP contribution in [0.5, 0.6) is 0 Å². The molecule has 2 heteroatoms. The van der Waals surface area contributed by atoms with Gasteiger partial charge in [-0.3, -0.25) is 0 Å². The summed E-state index contributed by atoms with van der Waals surface area (Å²) in [5.74, 6) is 12.3. The fourth-order valence-electron chi connectivity index (χ4n) is 21.8. The zero-order valence-electron chi connectivity index (χ0n) is 31.4. The Labute approximate surface area is 309 Å². The first kappa shape index (κ1) is 31.3. The van der Waals surface area contributed by atoms with Gasteiger partial charge in [-0.15, -0.1) is 18.5 Å². The number of hydrogen-bond donors (Lipinski definition) is 0. The van der Waals surface area contributed by atoms with Gasteiger partial charge in [0.15, 0.2) is 0 Å². The summed E-state index contributed by atoms with van der Waals surface area (Å²) in [4.78, 5) is 0. The molecule has 17 rings (SSSR count). The lowest BCUT2D eigenvalue weighted by atomic mass is 9.35. The Morgan fingerprint density at radius 1 is 0.320 bits per heavy atom. The summed E-state index contributed by atoms with van der Waals surface area (Å²) in [6.07, 6.45) is 37.8. The van der Waals surface area contributed by atoms with Gasteiger partial charge in [0.1, 0.15) is 0 Å². The number of hydrogen-bond acceptors (Lipinski definition) is 0. The minimum absolute atomic E-state index is 0.245. The minimum atomic E-state index is 0.245. The third kappa shape index (κ3) is 3.82. The molecule has 0 radical (unpaired) electrons. The average molecular weight is 707 g/mol. The molecule has 0 spiro atoms. The predicted octanol–water partition coefficient (Wildman–Crippen LogP) is 12.7. The second-order valence-corrected chi connectivity index (χ2v) is 25.7. The average Bonchev–Trinajstić information content (AvgIpc) is 3.05. The van der Waals surface area contributed by atoms with Crippen LogP contribution in [0.3, 0.4) is 0 Å². The van der Waals surface area contributed by atoms with E-state index in [2.05, 4.69) is 42.7 Å². The highest BCUT2D eigenvalue weighted by Crippen LogP contribution is 2.82. The lowest BCUT2D eigenvalue weighted by Gasteiger charge is -2.74. The Hall–Kier alpha value is 0.0800. The third-order valence-corrected chi connectivity index (χ3v) is 24.3. The van der Waals surface area contributed by atoms with Gasteiger partial charge in [-0.1, -0.05) is 24.3 Å². The van der Waals surface area contributed by atoms with Crippen LogP contribution in [0.4, 0.5) is 0 Å². The third-order valence-electron chi connectivity index (χ3n) is 21.3. The Balaban J connectivity index is 1.07. The van der Waals surface area contributed by atoms with Gasteiger partial charge in [0.05, 0.1) is 0 Å². The molecular weight excluding hydrogens is 638 g/mol. The zero-order chi connectivity index (χ0) is 32.9. The van der Waals surface area contributed by atoms with E-state index < -0.39 is 0 Å². The molecular formula is C48H68P2. The van der Waals surface area contributed by atoms with Crippen molar-refractivity contribution in [3.8, 4) is 0 Å². The maximum absolute atomic E-state index is 4.07. The molecule has 16 aliphatic rings. The molecule has 50 heavy (non-hydrogen) atoms. The maximum Gasteiger partial charge on any atom is 0.0213 e. The van der Waals surface area contributed by atoms with Gasteiger partial charge in [-0.2, -0.15) is 0 Å². The molecule has 0 nitrogen and oxygen atoms in total. The van der Waals surface area contributed by atoms with Crippen molar-refractivity contribution >= 4 is 18.5 Å². The molecule has 0 saturated heterocycles. The van der Waals surface area contributed by atoms with Crippen molar-refractivity contribution in [2.75, 3.05) is 0 Å². The Kier molecular flexibility index (Phi) is 6.31. The van der Waals surface area contributed by atoms with Crippen LogP contribution >= 0.6 is 18.5 Å². The van der Waals surface area contributed by atoms with Gasteiger partial charge >= 0.3 is 0 Å². The van der Waals surface area contributed by atoms with E-state index >= 15 is 0 Å². The van der Waals surface area contributed by atoms with Gasteiger partial charge in [0.25, 0.3) is 0 Å². The smallest absolute Gasteiger partial charge is 0.0213 e. The highest BCUT2D eigenvalue weighted by Gasteiger charge is 2.73. The number of benzene rings is 1. The van der Waals surface area contributed by atoms with E-state index in [1.54, 1.807) is 154 Å². The molecule has 270 valence electrons. The Morgan fingerprint density at radius 3 is 0.640 bits per heavy atom. The van der Waals surface area contributed by atoms with Crippen LogP contribution in [0, 0.1) is 92.7 Å². The molecule has 16 fully saturated rings. The summed E-state index contributed by atoms with van der Waals surface area (Å²) in [7, 11) is 8.14. The van der Waals surface area contributed by atoms with Gasteiger partial charge in [0, 0.05) is 10.3 Å². The molecule has 2 unspecified atom stereocenters. The SMILES string of the molecule is PC(c1ccccc1C(P)(C12CC3CC(CC(C3)C1)C2)C12CC3CC(CC(C3)C1)C2)(C12CC3CC(CC(C3)C1)C2)C12CC3CC(CC(C3)C1)C2. The molecule has 2 atom stereocenters. The lowest BCUT2D eigenvalue weighted by Crippen LogP contribution is -2.67. The quantitative estimate of drug-likeness (QED) is 0.258. The van der Waals surface area contributed by atoms with Crippen LogP contribution in [-0.2, 0) is 10.3 Å². The Bertz CT molecular complexity index is 1250. The largest absolute Gasteiger partial charge is 0.125 e. The molecule has 1 aromatic carbocycles. The highest BCUT2D eigenvalue weighted by molar-refractivity contribution is 7.19. The van der Waals surface area contributed by atoms with Gasteiger partial charge in [-0.25, -0.2) is 0 Å². The minimum Gasteiger partial charge on any atom is -0.125 e. The molecule has 1 aromatic rings. The first-order chi connectivity index (χ1) is 24.2. The van der Waals surface area contributed by atoms with Crippen molar-refractivity contribution in [1.82, 2.24) is 0 Å². The topological polar surface area (TPSA) is 0 Å². The van der Waals surface area contributed by atoms with Crippen LogP contribution in [-0.4, -0.2) is 0 Å². The van der Waals surface area contributed by atoms with Gasteiger partial charge in [-0.05, 0) is 258 Å². The summed E-state index contributed by atoms with van der Waals surface area (Å²) < 4.78 is 0. The molecule has 0 aromatic heterocycles.